The third kappa shape index (κ3) is 3.29. The molecule has 0 bridgehead atoms. The lowest BCUT2D eigenvalue weighted by Gasteiger charge is -2.01. The van der Waals surface area contributed by atoms with Crippen molar-refractivity contribution < 1.29 is 18.8 Å². The van der Waals surface area contributed by atoms with Gasteiger partial charge in [-0.1, -0.05) is 5.16 Å². The molecule has 7 nitrogen and oxygen atoms in total. The van der Waals surface area contributed by atoms with Crippen LogP contribution in [-0.4, -0.2) is 23.7 Å². The molecule has 1 aromatic heterocycles. The molecule has 0 aliphatic heterocycles. The monoisotopic (exact) mass is 213 g/mol. The van der Waals surface area contributed by atoms with Crippen LogP contribution in [0.25, 0.3) is 0 Å². The van der Waals surface area contributed by atoms with Crippen molar-refractivity contribution in [3.05, 3.63) is 17.5 Å². The van der Waals surface area contributed by atoms with Crippen molar-refractivity contribution in [2.24, 2.45) is 5.73 Å². The first-order valence-corrected chi connectivity index (χ1v) is 4.29. The molecular formula is C8H11N3O4. The van der Waals surface area contributed by atoms with Gasteiger partial charge in [0.25, 0.3) is 5.91 Å². The summed E-state index contributed by atoms with van der Waals surface area (Å²) in [6.45, 7) is 2.15. The van der Waals surface area contributed by atoms with Gasteiger partial charge < -0.3 is 20.3 Å². The number of nitrogens with zero attached hydrogens (tertiary/aromatic N) is 1. The molecule has 0 fully saturated rings. The van der Waals surface area contributed by atoms with Crippen LogP contribution in [0.5, 0.6) is 0 Å². The van der Waals surface area contributed by atoms with E-state index in [0.717, 1.165) is 0 Å². The first-order valence-electron chi connectivity index (χ1n) is 4.29. The fourth-order valence-corrected chi connectivity index (χ4v) is 0.829. The molecule has 0 aliphatic rings. The van der Waals surface area contributed by atoms with Crippen molar-refractivity contribution in [1.29, 1.82) is 0 Å². The standard InChI is InChI=1S/C8H11N3O4/c1-2-10-8(13)14-4-5-3-6(7(9)12)11-15-5/h3H,2,4H2,1H3,(H2,9,12)(H,10,13). The summed E-state index contributed by atoms with van der Waals surface area (Å²) in [5, 5.41) is 5.81. The summed E-state index contributed by atoms with van der Waals surface area (Å²) in [5.74, 6) is -0.432. The zero-order valence-corrected chi connectivity index (χ0v) is 8.15. The number of carbonyl (C=O) groups excluding carboxylic acids is 2. The summed E-state index contributed by atoms with van der Waals surface area (Å²) < 4.78 is 9.42. The summed E-state index contributed by atoms with van der Waals surface area (Å²) in [4.78, 5) is 21.5. The number of aromatic nitrogens is 1. The third-order valence-electron chi connectivity index (χ3n) is 1.48. The van der Waals surface area contributed by atoms with Gasteiger partial charge >= 0.3 is 6.09 Å². The molecule has 0 aromatic carbocycles. The van der Waals surface area contributed by atoms with Gasteiger partial charge in [0.05, 0.1) is 0 Å². The maximum absolute atomic E-state index is 10.9. The van der Waals surface area contributed by atoms with Gasteiger partial charge in [0.1, 0.15) is 0 Å². The summed E-state index contributed by atoms with van der Waals surface area (Å²) in [6.07, 6.45) is -0.561. The van der Waals surface area contributed by atoms with Gasteiger partial charge in [-0.3, -0.25) is 4.79 Å². The van der Waals surface area contributed by atoms with E-state index >= 15 is 0 Å². The van der Waals surface area contributed by atoms with Gasteiger partial charge in [-0.15, -0.1) is 0 Å². The molecule has 1 rings (SSSR count). The molecule has 1 aromatic rings. The van der Waals surface area contributed by atoms with E-state index in [0.29, 0.717) is 6.54 Å². The van der Waals surface area contributed by atoms with Gasteiger partial charge in [0.2, 0.25) is 0 Å². The number of ether oxygens (including phenoxy) is 1. The highest BCUT2D eigenvalue weighted by atomic mass is 16.6. The second-order valence-electron chi connectivity index (χ2n) is 2.65. The number of hydrogen-bond acceptors (Lipinski definition) is 5. The minimum Gasteiger partial charge on any atom is -0.441 e. The van der Waals surface area contributed by atoms with Crippen LogP contribution in [0.1, 0.15) is 23.2 Å². The number of nitrogens with one attached hydrogen (secondary N) is 1. The van der Waals surface area contributed by atoms with E-state index in [4.69, 9.17) is 15.0 Å². The molecule has 15 heavy (non-hydrogen) atoms. The van der Waals surface area contributed by atoms with Crippen molar-refractivity contribution in [2.75, 3.05) is 6.54 Å². The van der Waals surface area contributed by atoms with E-state index in [1.807, 2.05) is 0 Å². The Kier molecular flexibility index (Phi) is 3.67. The average molecular weight is 213 g/mol. The Morgan fingerprint density at radius 3 is 2.93 bits per heavy atom. The predicted octanol–water partition coefficient (Wildman–Crippen LogP) is 0.0196. The van der Waals surface area contributed by atoms with E-state index in [-0.39, 0.29) is 18.1 Å². The number of primary amides is 1. The molecule has 0 saturated carbocycles. The maximum Gasteiger partial charge on any atom is 0.407 e. The first-order chi connectivity index (χ1) is 7.13. The van der Waals surface area contributed by atoms with Crippen LogP contribution >= 0.6 is 0 Å². The largest absolute Gasteiger partial charge is 0.441 e. The summed E-state index contributed by atoms with van der Waals surface area (Å²) >= 11 is 0. The second-order valence-corrected chi connectivity index (χ2v) is 2.65. The van der Waals surface area contributed by atoms with Crippen molar-refractivity contribution in [1.82, 2.24) is 10.5 Å². The van der Waals surface area contributed by atoms with Crippen LogP contribution in [0.2, 0.25) is 0 Å². The lowest BCUT2D eigenvalue weighted by Crippen LogP contribution is -2.23. The molecule has 7 heteroatoms. The lowest BCUT2D eigenvalue weighted by molar-refractivity contribution is 0.0990. The molecular weight excluding hydrogens is 202 g/mol. The number of nitrogens with two attached hydrogens (primary N) is 1. The quantitative estimate of drug-likeness (QED) is 0.733. The zero-order valence-electron chi connectivity index (χ0n) is 8.15. The van der Waals surface area contributed by atoms with Gasteiger partial charge in [0, 0.05) is 12.6 Å². The molecule has 2 amide bonds. The predicted molar refractivity (Wildman–Crippen MR) is 48.9 cm³/mol. The van der Waals surface area contributed by atoms with Crippen molar-refractivity contribution >= 4 is 12.0 Å². The van der Waals surface area contributed by atoms with Gasteiger partial charge in [0.15, 0.2) is 18.1 Å². The Morgan fingerprint density at radius 1 is 1.67 bits per heavy atom. The molecule has 0 atom stereocenters. The maximum atomic E-state index is 10.9. The van der Waals surface area contributed by atoms with Crippen molar-refractivity contribution in [3.8, 4) is 0 Å². The minimum absolute atomic E-state index is 0.00417. The van der Waals surface area contributed by atoms with E-state index in [1.165, 1.54) is 6.07 Å². The molecule has 0 spiro atoms. The highest BCUT2D eigenvalue weighted by Gasteiger charge is 2.10. The second kappa shape index (κ2) is 4.99. The fourth-order valence-electron chi connectivity index (χ4n) is 0.829. The van der Waals surface area contributed by atoms with Gasteiger partial charge in [-0.25, -0.2) is 4.79 Å². The van der Waals surface area contributed by atoms with Crippen LogP contribution < -0.4 is 11.1 Å². The molecule has 0 radical (unpaired) electrons. The van der Waals surface area contributed by atoms with Crippen molar-refractivity contribution in [2.45, 2.75) is 13.5 Å². The van der Waals surface area contributed by atoms with Gasteiger partial charge in [-0.2, -0.15) is 0 Å². The first kappa shape index (κ1) is 11.0. The normalized spacial score (nSPS) is 9.67. The zero-order chi connectivity index (χ0) is 11.3. The number of rotatable bonds is 4. The Balaban J connectivity index is 2.44. The van der Waals surface area contributed by atoms with E-state index in [1.54, 1.807) is 6.92 Å². The Hall–Kier alpha value is -2.05. The molecule has 0 saturated heterocycles. The molecule has 0 aliphatic carbocycles. The summed E-state index contributed by atoms with van der Waals surface area (Å²) in [6, 6.07) is 1.32. The minimum atomic E-state index is -0.692. The SMILES string of the molecule is CCNC(=O)OCc1cc(C(N)=O)no1. The smallest absolute Gasteiger partial charge is 0.407 e. The van der Waals surface area contributed by atoms with E-state index in [9.17, 15) is 9.59 Å². The number of hydrogen-bond donors (Lipinski definition) is 2. The van der Waals surface area contributed by atoms with Crippen LogP contribution in [0.15, 0.2) is 10.6 Å². The van der Waals surface area contributed by atoms with E-state index < -0.39 is 12.0 Å². The topological polar surface area (TPSA) is 107 Å². The van der Waals surface area contributed by atoms with Crippen LogP contribution in [0, 0.1) is 0 Å². The molecule has 82 valence electrons. The van der Waals surface area contributed by atoms with Crippen LogP contribution in [0.3, 0.4) is 0 Å². The number of amides is 2. The van der Waals surface area contributed by atoms with Gasteiger partial charge in [-0.05, 0) is 6.92 Å². The number of alkyl carbamates (subject to hydrolysis) is 1. The van der Waals surface area contributed by atoms with E-state index in [2.05, 4.69) is 10.5 Å². The van der Waals surface area contributed by atoms with Crippen LogP contribution in [-0.2, 0) is 11.3 Å². The van der Waals surface area contributed by atoms with Crippen LogP contribution in [0.4, 0.5) is 4.79 Å². The third-order valence-corrected chi connectivity index (χ3v) is 1.48. The Bertz CT molecular complexity index is 361. The Labute approximate surface area is 85.5 Å². The highest BCUT2D eigenvalue weighted by Crippen LogP contribution is 2.04. The number of carbonyl (C=O) groups is 2. The summed E-state index contributed by atoms with van der Waals surface area (Å²) in [7, 11) is 0. The lowest BCUT2D eigenvalue weighted by atomic mass is 10.3. The average Bonchev–Trinajstić information content (AvgIpc) is 2.63. The molecule has 1 heterocycles. The molecule has 0 unspecified atom stereocenters. The highest BCUT2D eigenvalue weighted by molar-refractivity contribution is 5.90. The summed E-state index contributed by atoms with van der Waals surface area (Å²) in [5.41, 5.74) is 4.95. The fraction of sp³-hybridized carbons (Fsp3) is 0.375. The van der Waals surface area contributed by atoms with Crippen molar-refractivity contribution in [3.63, 3.8) is 0 Å². The Morgan fingerprint density at radius 2 is 2.40 bits per heavy atom. The molecule has 3 N–H and O–H groups in total.